The van der Waals surface area contributed by atoms with Gasteiger partial charge in [0.05, 0.1) is 6.10 Å². The van der Waals surface area contributed by atoms with Gasteiger partial charge in [-0.3, -0.25) is 0 Å². The van der Waals surface area contributed by atoms with Gasteiger partial charge in [-0.15, -0.1) is 0 Å². The molecule has 2 heteroatoms. The lowest BCUT2D eigenvalue weighted by atomic mass is 9.87. The topological polar surface area (TPSA) is 32.3 Å². The van der Waals surface area contributed by atoms with Crippen LogP contribution in [0.5, 0.6) is 0 Å². The maximum absolute atomic E-state index is 9.69. The molecular formula is C18H29NO. The van der Waals surface area contributed by atoms with Crippen LogP contribution in [0.2, 0.25) is 0 Å². The van der Waals surface area contributed by atoms with Crippen LogP contribution in [-0.4, -0.2) is 23.8 Å². The van der Waals surface area contributed by atoms with E-state index in [1.807, 2.05) is 0 Å². The van der Waals surface area contributed by atoms with Crippen LogP contribution in [-0.2, 0) is 6.42 Å². The molecule has 112 valence electrons. The minimum absolute atomic E-state index is 0.0570. The van der Waals surface area contributed by atoms with Gasteiger partial charge >= 0.3 is 0 Å². The largest absolute Gasteiger partial charge is 0.393 e. The van der Waals surface area contributed by atoms with Crippen molar-refractivity contribution in [2.24, 2.45) is 5.92 Å². The lowest BCUT2D eigenvalue weighted by Gasteiger charge is -2.27. The van der Waals surface area contributed by atoms with E-state index >= 15 is 0 Å². The molecule has 3 atom stereocenters. The normalized spacial score (nSPS) is 24.6. The fourth-order valence-corrected chi connectivity index (χ4v) is 3.06. The van der Waals surface area contributed by atoms with Gasteiger partial charge in [0.25, 0.3) is 0 Å². The number of hydrogen-bond donors (Lipinski definition) is 2. The number of benzene rings is 1. The van der Waals surface area contributed by atoms with E-state index < -0.39 is 0 Å². The summed E-state index contributed by atoms with van der Waals surface area (Å²) in [5, 5.41) is 13.3. The number of aliphatic hydroxyl groups excluding tert-OH is 1. The molecule has 0 aliphatic heterocycles. The molecule has 20 heavy (non-hydrogen) atoms. The molecule has 2 N–H and O–H groups in total. The van der Waals surface area contributed by atoms with Crippen molar-refractivity contribution in [3.05, 3.63) is 35.4 Å². The Morgan fingerprint density at radius 2 is 2.00 bits per heavy atom. The molecule has 1 saturated carbocycles. The van der Waals surface area contributed by atoms with Gasteiger partial charge in [0, 0.05) is 6.04 Å². The summed E-state index contributed by atoms with van der Waals surface area (Å²) in [4.78, 5) is 0. The zero-order chi connectivity index (χ0) is 14.4. The van der Waals surface area contributed by atoms with Gasteiger partial charge in [-0.2, -0.15) is 0 Å². The third kappa shape index (κ3) is 5.26. The lowest BCUT2D eigenvalue weighted by Crippen LogP contribution is -2.34. The molecule has 0 saturated heterocycles. The van der Waals surface area contributed by atoms with Crippen molar-refractivity contribution in [3.63, 3.8) is 0 Å². The third-order valence-electron chi connectivity index (χ3n) is 4.50. The summed E-state index contributed by atoms with van der Waals surface area (Å²) in [6.07, 6.45) is 6.70. The molecule has 1 fully saturated rings. The van der Waals surface area contributed by atoms with Crippen LogP contribution in [0.15, 0.2) is 24.3 Å². The summed E-state index contributed by atoms with van der Waals surface area (Å²) < 4.78 is 0. The zero-order valence-corrected chi connectivity index (χ0v) is 12.9. The fraction of sp³-hybridized carbons (Fsp3) is 0.667. The van der Waals surface area contributed by atoms with Crippen LogP contribution >= 0.6 is 0 Å². The number of aryl methyl sites for hydroxylation is 2. The van der Waals surface area contributed by atoms with E-state index in [4.69, 9.17) is 0 Å². The van der Waals surface area contributed by atoms with Crippen molar-refractivity contribution >= 4 is 0 Å². The second-order valence-corrected chi connectivity index (χ2v) is 6.52. The SMILES string of the molecule is Cc1ccc(CCC(C)NCC2CCCC(O)C2)cc1. The Bertz CT molecular complexity index is 387. The van der Waals surface area contributed by atoms with Gasteiger partial charge in [0.15, 0.2) is 0 Å². The smallest absolute Gasteiger partial charge is 0.0543 e. The second-order valence-electron chi connectivity index (χ2n) is 6.52. The fourth-order valence-electron chi connectivity index (χ4n) is 3.06. The van der Waals surface area contributed by atoms with Crippen LogP contribution in [0.25, 0.3) is 0 Å². The molecular weight excluding hydrogens is 246 g/mol. The molecule has 0 amide bonds. The Labute approximate surface area is 123 Å². The first-order valence-electron chi connectivity index (χ1n) is 8.10. The van der Waals surface area contributed by atoms with Gasteiger partial charge in [0.1, 0.15) is 0 Å². The minimum atomic E-state index is -0.0570. The summed E-state index contributed by atoms with van der Waals surface area (Å²) in [6.45, 7) is 5.46. The molecule has 0 heterocycles. The Morgan fingerprint density at radius 3 is 2.70 bits per heavy atom. The maximum Gasteiger partial charge on any atom is 0.0543 e. The van der Waals surface area contributed by atoms with Gasteiger partial charge in [-0.25, -0.2) is 0 Å². The Kier molecular flexibility index (Phi) is 6.06. The predicted octanol–water partition coefficient (Wildman–Crippen LogP) is 3.46. The highest BCUT2D eigenvalue weighted by atomic mass is 16.3. The summed E-state index contributed by atoms with van der Waals surface area (Å²) in [6, 6.07) is 9.41. The van der Waals surface area contributed by atoms with Crippen LogP contribution in [0.4, 0.5) is 0 Å². The molecule has 1 aliphatic carbocycles. The van der Waals surface area contributed by atoms with Crippen molar-refractivity contribution in [3.8, 4) is 0 Å². The van der Waals surface area contributed by atoms with E-state index in [2.05, 4.69) is 43.4 Å². The Hall–Kier alpha value is -0.860. The van der Waals surface area contributed by atoms with Crippen LogP contribution < -0.4 is 5.32 Å². The molecule has 0 bridgehead atoms. The Balaban J connectivity index is 1.65. The summed E-state index contributed by atoms with van der Waals surface area (Å²) in [5.74, 6) is 0.667. The van der Waals surface area contributed by atoms with E-state index in [0.717, 1.165) is 25.8 Å². The van der Waals surface area contributed by atoms with Crippen LogP contribution in [0, 0.1) is 12.8 Å². The number of nitrogens with one attached hydrogen (secondary N) is 1. The molecule has 2 rings (SSSR count). The van der Waals surface area contributed by atoms with E-state index in [9.17, 15) is 5.11 Å². The van der Waals surface area contributed by atoms with E-state index in [1.165, 1.54) is 30.4 Å². The van der Waals surface area contributed by atoms with Crippen LogP contribution in [0.1, 0.15) is 50.2 Å². The molecule has 1 aliphatic rings. The molecule has 0 radical (unpaired) electrons. The van der Waals surface area contributed by atoms with E-state index in [1.54, 1.807) is 0 Å². The van der Waals surface area contributed by atoms with E-state index in [0.29, 0.717) is 12.0 Å². The molecule has 1 aromatic carbocycles. The monoisotopic (exact) mass is 275 g/mol. The van der Waals surface area contributed by atoms with E-state index in [-0.39, 0.29) is 6.10 Å². The highest BCUT2D eigenvalue weighted by molar-refractivity contribution is 5.21. The predicted molar refractivity (Wildman–Crippen MR) is 84.9 cm³/mol. The average Bonchev–Trinajstić information content (AvgIpc) is 2.45. The Morgan fingerprint density at radius 1 is 1.25 bits per heavy atom. The third-order valence-corrected chi connectivity index (χ3v) is 4.50. The van der Waals surface area contributed by atoms with Crippen molar-refractivity contribution < 1.29 is 5.11 Å². The maximum atomic E-state index is 9.69. The highest BCUT2D eigenvalue weighted by Gasteiger charge is 2.20. The van der Waals surface area contributed by atoms with Crippen molar-refractivity contribution in [2.75, 3.05) is 6.54 Å². The molecule has 1 aromatic rings. The van der Waals surface area contributed by atoms with Gasteiger partial charge in [-0.05, 0) is 64.0 Å². The molecule has 0 aromatic heterocycles. The average molecular weight is 275 g/mol. The van der Waals surface area contributed by atoms with Gasteiger partial charge < -0.3 is 10.4 Å². The quantitative estimate of drug-likeness (QED) is 0.833. The summed E-state index contributed by atoms with van der Waals surface area (Å²) in [5.41, 5.74) is 2.76. The summed E-state index contributed by atoms with van der Waals surface area (Å²) >= 11 is 0. The summed E-state index contributed by atoms with van der Waals surface area (Å²) in [7, 11) is 0. The number of rotatable bonds is 6. The first kappa shape index (κ1) is 15.5. The molecule has 0 spiro atoms. The number of aliphatic hydroxyl groups is 1. The second kappa shape index (κ2) is 7.80. The standard InChI is InChI=1S/C18H29NO/c1-14-6-9-16(10-7-14)11-8-15(2)19-13-17-4-3-5-18(20)12-17/h6-7,9-10,15,17-20H,3-5,8,11-13H2,1-2H3. The minimum Gasteiger partial charge on any atom is -0.393 e. The van der Waals surface area contributed by atoms with Gasteiger partial charge in [-0.1, -0.05) is 36.2 Å². The first-order valence-corrected chi connectivity index (χ1v) is 8.10. The number of hydrogen-bond acceptors (Lipinski definition) is 2. The molecule has 2 nitrogen and oxygen atoms in total. The molecule has 3 unspecified atom stereocenters. The first-order chi connectivity index (χ1) is 9.63. The lowest BCUT2D eigenvalue weighted by molar-refractivity contribution is 0.0997. The van der Waals surface area contributed by atoms with Crippen LogP contribution in [0.3, 0.4) is 0 Å². The zero-order valence-electron chi connectivity index (χ0n) is 12.9. The van der Waals surface area contributed by atoms with Crippen molar-refractivity contribution in [2.45, 2.75) is 64.5 Å². The van der Waals surface area contributed by atoms with Crippen molar-refractivity contribution in [1.29, 1.82) is 0 Å². The van der Waals surface area contributed by atoms with Gasteiger partial charge in [0.2, 0.25) is 0 Å². The highest BCUT2D eigenvalue weighted by Crippen LogP contribution is 2.23. The van der Waals surface area contributed by atoms with Crippen molar-refractivity contribution in [1.82, 2.24) is 5.32 Å².